The van der Waals surface area contributed by atoms with E-state index < -0.39 is 0 Å². The number of nitrogens with one attached hydrogen (secondary N) is 1. The van der Waals surface area contributed by atoms with E-state index >= 15 is 0 Å². The van der Waals surface area contributed by atoms with E-state index in [0.29, 0.717) is 0 Å². The summed E-state index contributed by atoms with van der Waals surface area (Å²) in [6, 6.07) is 10.4. The van der Waals surface area contributed by atoms with Crippen molar-refractivity contribution in [2.45, 2.75) is 32.2 Å². The molecule has 0 aliphatic heterocycles. The summed E-state index contributed by atoms with van der Waals surface area (Å²) in [5.74, 6) is 0. The van der Waals surface area contributed by atoms with Gasteiger partial charge in [-0.1, -0.05) is 37.3 Å². The Hall–Kier alpha value is -0.860. The molecule has 0 amide bonds. The molecule has 1 atom stereocenters. The van der Waals surface area contributed by atoms with Gasteiger partial charge in [-0.2, -0.15) is 0 Å². The molecule has 1 rings (SSSR count). The van der Waals surface area contributed by atoms with Crippen LogP contribution in [0.2, 0.25) is 0 Å². The summed E-state index contributed by atoms with van der Waals surface area (Å²) in [7, 11) is 0. The van der Waals surface area contributed by atoms with Crippen LogP contribution < -0.4 is 5.32 Å². The van der Waals surface area contributed by atoms with Crippen molar-refractivity contribution >= 4 is 0 Å². The number of aliphatic hydroxyl groups excluding tert-OH is 1. The lowest BCUT2D eigenvalue weighted by molar-refractivity contribution is 0.171. The van der Waals surface area contributed by atoms with E-state index in [9.17, 15) is 5.11 Å². The maximum absolute atomic E-state index is 9.22. The summed E-state index contributed by atoms with van der Waals surface area (Å²) < 4.78 is 0. The minimum absolute atomic E-state index is 0.130. The maximum atomic E-state index is 9.22. The summed E-state index contributed by atoms with van der Waals surface area (Å²) in [5.41, 5.74) is 1.20. The molecule has 15 heavy (non-hydrogen) atoms. The van der Waals surface area contributed by atoms with Crippen LogP contribution in [-0.4, -0.2) is 23.8 Å². The van der Waals surface area contributed by atoms with Crippen LogP contribution in [0.15, 0.2) is 30.3 Å². The van der Waals surface area contributed by atoms with Crippen LogP contribution in [-0.2, 0) is 6.42 Å². The lowest BCUT2D eigenvalue weighted by Crippen LogP contribution is -2.45. The quantitative estimate of drug-likeness (QED) is 0.747. The molecule has 0 aliphatic carbocycles. The van der Waals surface area contributed by atoms with Gasteiger partial charge in [0.05, 0.1) is 6.61 Å². The van der Waals surface area contributed by atoms with Crippen molar-refractivity contribution in [1.82, 2.24) is 5.32 Å². The number of hydrogen-bond acceptors (Lipinski definition) is 2. The van der Waals surface area contributed by atoms with Crippen molar-refractivity contribution in [3.8, 4) is 0 Å². The molecule has 0 heterocycles. The molecule has 0 bridgehead atoms. The minimum atomic E-state index is -0.130. The third-order valence-electron chi connectivity index (χ3n) is 2.94. The second-order valence-corrected chi connectivity index (χ2v) is 4.23. The van der Waals surface area contributed by atoms with Crippen molar-refractivity contribution < 1.29 is 5.11 Å². The van der Waals surface area contributed by atoms with Gasteiger partial charge in [-0.25, -0.2) is 0 Å². The Morgan fingerprint density at radius 2 is 1.93 bits per heavy atom. The van der Waals surface area contributed by atoms with Gasteiger partial charge in [-0.05, 0) is 31.9 Å². The van der Waals surface area contributed by atoms with E-state index in [4.69, 9.17) is 0 Å². The number of hydrogen-bond donors (Lipinski definition) is 2. The minimum Gasteiger partial charge on any atom is -0.394 e. The molecule has 2 nitrogen and oxygen atoms in total. The summed E-state index contributed by atoms with van der Waals surface area (Å²) >= 11 is 0. The molecule has 1 aromatic rings. The largest absolute Gasteiger partial charge is 0.394 e. The molecule has 1 aromatic carbocycles. The van der Waals surface area contributed by atoms with E-state index in [1.165, 1.54) is 5.56 Å². The first-order chi connectivity index (χ1) is 7.20. The van der Waals surface area contributed by atoms with Crippen molar-refractivity contribution in [2.75, 3.05) is 13.2 Å². The first-order valence-electron chi connectivity index (χ1n) is 5.60. The highest BCUT2D eigenvalue weighted by molar-refractivity contribution is 5.14. The fourth-order valence-electron chi connectivity index (χ4n) is 1.45. The number of benzene rings is 1. The zero-order chi connectivity index (χ0) is 11.1. The lowest BCUT2D eigenvalue weighted by atomic mass is 10.00. The van der Waals surface area contributed by atoms with E-state index in [-0.39, 0.29) is 12.1 Å². The Kier molecular flexibility index (Phi) is 4.79. The van der Waals surface area contributed by atoms with Crippen molar-refractivity contribution in [3.63, 3.8) is 0 Å². The fraction of sp³-hybridized carbons (Fsp3) is 0.538. The molecular weight excluding hydrogens is 186 g/mol. The van der Waals surface area contributed by atoms with Crippen LogP contribution in [0.25, 0.3) is 0 Å². The summed E-state index contributed by atoms with van der Waals surface area (Å²) in [5, 5.41) is 12.6. The van der Waals surface area contributed by atoms with Crippen LogP contribution in [0, 0.1) is 0 Å². The molecule has 0 spiro atoms. The maximum Gasteiger partial charge on any atom is 0.0610 e. The van der Waals surface area contributed by atoms with Crippen molar-refractivity contribution in [2.24, 2.45) is 0 Å². The second kappa shape index (κ2) is 5.89. The highest BCUT2D eigenvalue weighted by atomic mass is 16.3. The van der Waals surface area contributed by atoms with E-state index in [1.807, 2.05) is 6.07 Å². The molecule has 2 N–H and O–H groups in total. The smallest absolute Gasteiger partial charge is 0.0610 e. The first kappa shape index (κ1) is 12.2. The third-order valence-corrected chi connectivity index (χ3v) is 2.94. The molecule has 0 saturated heterocycles. The van der Waals surface area contributed by atoms with Crippen molar-refractivity contribution in [1.29, 1.82) is 0 Å². The average molecular weight is 207 g/mol. The SMILES string of the molecule is CCC(C)(CO)NCCc1ccccc1. The summed E-state index contributed by atoms with van der Waals surface area (Å²) in [6.07, 6.45) is 1.95. The average Bonchev–Trinajstić information content (AvgIpc) is 2.30. The Morgan fingerprint density at radius 3 is 2.47 bits per heavy atom. The zero-order valence-corrected chi connectivity index (χ0v) is 9.66. The number of aliphatic hydroxyl groups is 1. The van der Waals surface area contributed by atoms with Crippen LogP contribution in [0.3, 0.4) is 0 Å². The van der Waals surface area contributed by atoms with E-state index in [2.05, 4.69) is 43.4 Å². The van der Waals surface area contributed by atoms with Crippen LogP contribution in [0.1, 0.15) is 25.8 Å². The lowest BCUT2D eigenvalue weighted by Gasteiger charge is -2.27. The van der Waals surface area contributed by atoms with Crippen LogP contribution in [0.4, 0.5) is 0 Å². The highest BCUT2D eigenvalue weighted by Crippen LogP contribution is 2.07. The van der Waals surface area contributed by atoms with Crippen LogP contribution in [0.5, 0.6) is 0 Å². The molecular formula is C13H21NO. The Bertz CT molecular complexity index is 267. The van der Waals surface area contributed by atoms with Gasteiger partial charge >= 0.3 is 0 Å². The monoisotopic (exact) mass is 207 g/mol. The zero-order valence-electron chi connectivity index (χ0n) is 9.66. The molecule has 1 unspecified atom stereocenters. The molecule has 0 fully saturated rings. The topological polar surface area (TPSA) is 32.3 Å². The standard InChI is InChI=1S/C13H21NO/c1-3-13(2,11-15)14-10-9-12-7-5-4-6-8-12/h4-8,14-15H,3,9-11H2,1-2H3. The summed E-state index contributed by atoms with van der Waals surface area (Å²) in [6.45, 7) is 5.25. The third kappa shape index (κ3) is 4.02. The molecule has 2 heteroatoms. The molecule has 0 aliphatic rings. The van der Waals surface area contributed by atoms with Gasteiger partial charge in [0.15, 0.2) is 0 Å². The van der Waals surface area contributed by atoms with Gasteiger partial charge in [-0.3, -0.25) is 0 Å². The number of rotatable bonds is 6. The Morgan fingerprint density at radius 1 is 1.27 bits per heavy atom. The second-order valence-electron chi connectivity index (χ2n) is 4.23. The normalized spacial score (nSPS) is 14.9. The first-order valence-corrected chi connectivity index (χ1v) is 5.60. The van der Waals surface area contributed by atoms with Crippen LogP contribution >= 0.6 is 0 Å². The summed E-state index contributed by atoms with van der Waals surface area (Å²) in [4.78, 5) is 0. The predicted octanol–water partition coefficient (Wildman–Crippen LogP) is 1.98. The van der Waals surface area contributed by atoms with Gasteiger partial charge in [0.25, 0.3) is 0 Å². The predicted molar refractivity (Wildman–Crippen MR) is 63.9 cm³/mol. The molecule has 84 valence electrons. The van der Waals surface area contributed by atoms with Gasteiger partial charge in [0.2, 0.25) is 0 Å². The van der Waals surface area contributed by atoms with Gasteiger partial charge in [-0.15, -0.1) is 0 Å². The van der Waals surface area contributed by atoms with Gasteiger partial charge in [0, 0.05) is 5.54 Å². The Labute approximate surface area is 92.3 Å². The molecule has 0 aromatic heterocycles. The molecule has 0 radical (unpaired) electrons. The van der Waals surface area contributed by atoms with Gasteiger partial charge in [0.1, 0.15) is 0 Å². The highest BCUT2D eigenvalue weighted by Gasteiger charge is 2.18. The van der Waals surface area contributed by atoms with Gasteiger partial charge < -0.3 is 10.4 Å². The fourth-order valence-corrected chi connectivity index (χ4v) is 1.45. The van der Waals surface area contributed by atoms with E-state index in [0.717, 1.165) is 19.4 Å². The molecule has 0 saturated carbocycles. The van der Waals surface area contributed by atoms with E-state index in [1.54, 1.807) is 0 Å². The van der Waals surface area contributed by atoms with Crippen molar-refractivity contribution in [3.05, 3.63) is 35.9 Å². The Balaban J connectivity index is 2.33.